The van der Waals surface area contributed by atoms with Crippen molar-refractivity contribution in [2.24, 2.45) is 5.73 Å². The summed E-state index contributed by atoms with van der Waals surface area (Å²) in [5.41, 5.74) is 9.24. The topological polar surface area (TPSA) is 52.3 Å². The minimum absolute atomic E-state index is 0.355. The molecule has 3 nitrogen and oxygen atoms in total. The Labute approximate surface area is 105 Å². The molecule has 0 fully saturated rings. The van der Waals surface area contributed by atoms with E-state index >= 15 is 0 Å². The Balaban J connectivity index is 2.10. The average molecular weight is 241 g/mol. The van der Waals surface area contributed by atoms with E-state index in [1.54, 1.807) is 6.26 Å². The molecule has 0 aliphatic rings. The zero-order valence-electron chi connectivity index (χ0n) is 10.4. The fraction of sp³-hybridized carbons (Fsp3) is 0.200. The number of rotatable bonds is 2. The standard InChI is InChI=1S/C15H15NO2/c1-9-4-3-5-11-8-12(18-14(9)11)13(16)15-10(2)6-7-17-15/h3-8,13H,16H2,1-2H3. The molecule has 2 N–H and O–H groups in total. The van der Waals surface area contributed by atoms with Crippen LogP contribution in [0.2, 0.25) is 0 Å². The van der Waals surface area contributed by atoms with Gasteiger partial charge >= 0.3 is 0 Å². The van der Waals surface area contributed by atoms with Crippen molar-refractivity contribution >= 4 is 11.0 Å². The molecule has 0 bridgehead atoms. The van der Waals surface area contributed by atoms with Crippen molar-refractivity contribution in [2.75, 3.05) is 0 Å². The Morgan fingerprint density at radius 3 is 2.61 bits per heavy atom. The summed E-state index contributed by atoms with van der Waals surface area (Å²) in [5, 5.41) is 1.07. The summed E-state index contributed by atoms with van der Waals surface area (Å²) in [7, 11) is 0. The van der Waals surface area contributed by atoms with Gasteiger partial charge < -0.3 is 14.6 Å². The monoisotopic (exact) mass is 241 g/mol. The molecule has 0 aliphatic carbocycles. The summed E-state index contributed by atoms with van der Waals surface area (Å²) in [6.07, 6.45) is 1.65. The Kier molecular flexibility index (Phi) is 2.49. The molecule has 1 unspecified atom stereocenters. The molecule has 18 heavy (non-hydrogen) atoms. The molecule has 3 heteroatoms. The minimum atomic E-state index is -0.355. The second-order valence-electron chi connectivity index (χ2n) is 4.59. The SMILES string of the molecule is Cc1ccoc1C(N)c1cc2cccc(C)c2o1. The number of aryl methyl sites for hydroxylation is 2. The molecule has 0 saturated carbocycles. The second kappa shape index (κ2) is 4.03. The van der Waals surface area contributed by atoms with Crippen molar-refractivity contribution < 1.29 is 8.83 Å². The lowest BCUT2D eigenvalue weighted by molar-refractivity contribution is 0.442. The molecule has 0 radical (unpaired) electrons. The van der Waals surface area contributed by atoms with Crippen molar-refractivity contribution in [1.82, 2.24) is 0 Å². The van der Waals surface area contributed by atoms with Crippen LogP contribution in [0, 0.1) is 13.8 Å². The fourth-order valence-corrected chi connectivity index (χ4v) is 2.21. The molecule has 0 saturated heterocycles. The van der Waals surface area contributed by atoms with Gasteiger partial charge in [-0.15, -0.1) is 0 Å². The van der Waals surface area contributed by atoms with E-state index in [1.807, 2.05) is 44.2 Å². The molecule has 3 aromatic rings. The summed E-state index contributed by atoms with van der Waals surface area (Å²) >= 11 is 0. The highest BCUT2D eigenvalue weighted by molar-refractivity contribution is 5.81. The van der Waals surface area contributed by atoms with Gasteiger partial charge in [-0.25, -0.2) is 0 Å². The second-order valence-corrected chi connectivity index (χ2v) is 4.59. The Hall–Kier alpha value is -2.00. The van der Waals surface area contributed by atoms with E-state index in [4.69, 9.17) is 14.6 Å². The van der Waals surface area contributed by atoms with E-state index in [0.29, 0.717) is 0 Å². The van der Waals surface area contributed by atoms with Crippen molar-refractivity contribution in [3.05, 3.63) is 59.2 Å². The zero-order chi connectivity index (χ0) is 12.7. The predicted molar refractivity (Wildman–Crippen MR) is 70.4 cm³/mol. The number of para-hydroxylation sites is 1. The van der Waals surface area contributed by atoms with Gasteiger partial charge in [0.25, 0.3) is 0 Å². The smallest absolute Gasteiger partial charge is 0.137 e. The van der Waals surface area contributed by atoms with E-state index < -0.39 is 0 Å². The van der Waals surface area contributed by atoms with Gasteiger partial charge in [0.15, 0.2) is 0 Å². The highest BCUT2D eigenvalue weighted by Gasteiger charge is 2.19. The predicted octanol–water partition coefficient (Wildman–Crippen LogP) is 3.69. The molecular weight excluding hydrogens is 226 g/mol. The van der Waals surface area contributed by atoms with E-state index in [0.717, 1.165) is 33.6 Å². The Morgan fingerprint density at radius 1 is 1.11 bits per heavy atom. The number of hydrogen-bond donors (Lipinski definition) is 1. The van der Waals surface area contributed by atoms with Crippen LogP contribution in [0.25, 0.3) is 11.0 Å². The van der Waals surface area contributed by atoms with E-state index in [9.17, 15) is 0 Å². The molecule has 0 spiro atoms. The van der Waals surface area contributed by atoms with Gasteiger partial charge in [-0.1, -0.05) is 18.2 Å². The van der Waals surface area contributed by atoms with E-state index in [-0.39, 0.29) is 6.04 Å². The molecule has 3 rings (SSSR count). The van der Waals surface area contributed by atoms with Crippen LogP contribution in [-0.2, 0) is 0 Å². The maximum absolute atomic E-state index is 6.19. The Bertz CT molecular complexity index is 693. The molecule has 1 aromatic carbocycles. The van der Waals surface area contributed by atoms with Crippen molar-refractivity contribution in [2.45, 2.75) is 19.9 Å². The third kappa shape index (κ3) is 1.64. The minimum Gasteiger partial charge on any atom is -0.467 e. The quantitative estimate of drug-likeness (QED) is 0.744. The van der Waals surface area contributed by atoms with Crippen molar-refractivity contribution in [1.29, 1.82) is 0 Å². The first-order valence-corrected chi connectivity index (χ1v) is 5.95. The number of fused-ring (bicyclic) bond motifs is 1. The first kappa shape index (κ1) is 11.1. The van der Waals surface area contributed by atoms with Gasteiger partial charge in [-0.05, 0) is 37.1 Å². The van der Waals surface area contributed by atoms with Gasteiger partial charge in [0.05, 0.1) is 6.26 Å². The van der Waals surface area contributed by atoms with Crippen LogP contribution in [0.4, 0.5) is 0 Å². The molecule has 92 valence electrons. The number of hydrogen-bond acceptors (Lipinski definition) is 3. The van der Waals surface area contributed by atoms with Gasteiger partial charge in [-0.3, -0.25) is 0 Å². The molecule has 2 aromatic heterocycles. The van der Waals surface area contributed by atoms with Crippen LogP contribution >= 0.6 is 0 Å². The summed E-state index contributed by atoms with van der Waals surface area (Å²) in [5.74, 6) is 1.49. The largest absolute Gasteiger partial charge is 0.467 e. The number of benzene rings is 1. The molecule has 2 heterocycles. The lowest BCUT2D eigenvalue weighted by Crippen LogP contribution is -2.10. The third-order valence-corrected chi connectivity index (χ3v) is 3.25. The average Bonchev–Trinajstić information content (AvgIpc) is 2.95. The van der Waals surface area contributed by atoms with E-state index in [2.05, 4.69) is 0 Å². The fourth-order valence-electron chi connectivity index (χ4n) is 2.21. The summed E-state index contributed by atoms with van der Waals surface area (Å²) in [6, 6.07) is 9.60. The third-order valence-electron chi connectivity index (χ3n) is 3.25. The molecule has 1 atom stereocenters. The first-order chi connectivity index (χ1) is 8.66. The summed E-state index contributed by atoms with van der Waals surface area (Å²) < 4.78 is 11.3. The number of nitrogens with two attached hydrogens (primary N) is 1. The van der Waals surface area contributed by atoms with E-state index in [1.165, 1.54) is 0 Å². The lowest BCUT2D eigenvalue weighted by atomic mass is 10.1. The van der Waals surface area contributed by atoms with Gasteiger partial charge in [0, 0.05) is 5.39 Å². The summed E-state index contributed by atoms with van der Waals surface area (Å²) in [6.45, 7) is 4.01. The highest BCUT2D eigenvalue weighted by atomic mass is 16.4. The van der Waals surface area contributed by atoms with Crippen molar-refractivity contribution in [3.8, 4) is 0 Å². The van der Waals surface area contributed by atoms with Gasteiger partial charge in [0.1, 0.15) is 23.1 Å². The summed E-state index contributed by atoms with van der Waals surface area (Å²) in [4.78, 5) is 0. The lowest BCUT2D eigenvalue weighted by Gasteiger charge is -2.06. The molecule has 0 amide bonds. The maximum Gasteiger partial charge on any atom is 0.137 e. The van der Waals surface area contributed by atoms with Gasteiger partial charge in [0.2, 0.25) is 0 Å². The van der Waals surface area contributed by atoms with Crippen LogP contribution in [0.1, 0.15) is 28.7 Å². The zero-order valence-corrected chi connectivity index (χ0v) is 10.4. The molecule has 0 aliphatic heterocycles. The van der Waals surface area contributed by atoms with Gasteiger partial charge in [-0.2, -0.15) is 0 Å². The van der Waals surface area contributed by atoms with Crippen molar-refractivity contribution in [3.63, 3.8) is 0 Å². The van der Waals surface area contributed by atoms with Crippen LogP contribution < -0.4 is 5.73 Å². The molecular formula is C15H15NO2. The van der Waals surface area contributed by atoms with Crippen LogP contribution in [0.15, 0.2) is 45.4 Å². The van der Waals surface area contributed by atoms with Crippen LogP contribution in [0.3, 0.4) is 0 Å². The Morgan fingerprint density at radius 2 is 1.94 bits per heavy atom. The van der Waals surface area contributed by atoms with Crippen LogP contribution in [-0.4, -0.2) is 0 Å². The van der Waals surface area contributed by atoms with Crippen LogP contribution in [0.5, 0.6) is 0 Å². The normalized spacial score (nSPS) is 13.1. The maximum atomic E-state index is 6.19. The first-order valence-electron chi connectivity index (χ1n) is 5.95. The number of furan rings is 2. The highest BCUT2D eigenvalue weighted by Crippen LogP contribution is 2.29.